The first-order chi connectivity index (χ1) is 11.8. The molecule has 1 N–H and O–H groups in total. The summed E-state index contributed by atoms with van der Waals surface area (Å²) in [6.07, 6.45) is 0. The van der Waals surface area contributed by atoms with E-state index < -0.39 is 10.0 Å². The molecule has 0 aromatic heterocycles. The first kappa shape index (κ1) is 19.0. The van der Waals surface area contributed by atoms with Crippen LogP contribution in [0.2, 0.25) is 0 Å². The van der Waals surface area contributed by atoms with Crippen molar-refractivity contribution in [3.05, 3.63) is 59.7 Å². The number of hydrogen-bond acceptors (Lipinski definition) is 4. The zero-order valence-corrected chi connectivity index (χ0v) is 15.3. The SMILES string of the molecule is COc1ccccc1CN(C)S(=O)(=O)c1ccc(CNC(C)=O)cc1. The maximum absolute atomic E-state index is 12.7. The lowest BCUT2D eigenvalue weighted by Crippen LogP contribution is -2.26. The minimum atomic E-state index is -3.62. The van der Waals surface area contributed by atoms with Gasteiger partial charge in [0.15, 0.2) is 0 Å². The molecule has 0 spiro atoms. The first-order valence-corrected chi connectivity index (χ1v) is 9.20. The lowest BCUT2D eigenvalue weighted by molar-refractivity contribution is -0.119. The van der Waals surface area contributed by atoms with Gasteiger partial charge in [-0.3, -0.25) is 4.79 Å². The number of sulfonamides is 1. The van der Waals surface area contributed by atoms with Crippen molar-refractivity contribution in [1.82, 2.24) is 9.62 Å². The molecule has 0 radical (unpaired) electrons. The van der Waals surface area contributed by atoms with Gasteiger partial charge in [0.2, 0.25) is 15.9 Å². The molecule has 1 amide bonds. The number of methoxy groups -OCH3 is 1. The molecule has 6 nitrogen and oxygen atoms in total. The second-order valence-corrected chi connectivity index (χ2v) is 7.67. The summed E-state index contributed by atoms with van der Waals surface area (Å²) in [5, 5.41) is 2.68. The molecule has 0 atom stereocenters. The Hall–Kier alpha value is -2.38. The largest absolute Gasteiger partial charge is 0.496 e. The van der Waals surface area contributed by atoms with Crippen molar-refractivity contribution in [2.24, 2.45) is 0 Å². The Labute approximate surface area is 148 Å². The van der Waals surface area contributed by atoms with Crippen molar-refractivity contribution >= 4 is 15.9 Å². The van der Waals surface area contributed by atoms with Gasteiger partial charge in [-0.25, -0.2) is 8.42 Å². The molecule has 25 heavy (non-hydrogen) atoms. The third-order valence-corrected chi connectivity index (χ3v) is 5.58. The third-order valence-electron chi connectivity index (χ3n) is 3.76. The third kappa shape index (κ3) is 4.80. The second-order valence-electron chi connectivity index (χ2n) is 5.63. The van der Waals surface area contributed by atoms with E-state index in [4.69, 9.17) is 4.74 Å². The Kier molecular flexibility index (Phi) is 6.17. The van der Waals surface area contributed by atoms with E-state index in [-0.39, 0.29) is 17.3 Å². The van der Waals surface area contributed by atoms with Crippen molar-refractivity contribution < 1.29 is 17.9 Å². The zero-order valence-electron chi connectivity index (χ0n) is 14.5. The van der Waals surface area contributed by atoms with Crippen LogP contribution in [-0.4, -0.2) is 32.8 Å². The van der Waals surface area contributed by atoms with Gasteiger partial charge >= 0.3 is 0 Å². The maximum Gasteiger partial charge on any atom is 0.243 e. The van der Waals surface area contributed by atoms with Gasteiger partial charge in [0.1, 0.15) is 5.75 Å². The molecule has 2 aromatic carbocycles. The predicted molar refractivity (Wildman–Crippen MR) is 95.6 cm³/mol. The Balaban J connectivity index is 2.15. The van der Waals surface area contributed by atoms with E-state index in [2.05, 4.69) is 5.32 Å². The molecule has 2 rings (SSSR count). The fourth-order valence-electron chi connectivity index (χ4n) is 2.34. The second kappa shape index (κ2) is 8.13. The fraction of sp³-hybridized carbons (Fsp3) is 0.278. The summed E-state index contributed by atoms with van der Waals surface area (Å²) in [5.74, 6) is 0.517. The summed E-state index contributed by atoms with van der Waals surface area (Å²) in [6, 6.07) is 13.8. The van der Waals surface area contributed by atoms with Crippen LogP contribution in [0.1, 0.15) is 18.1 Å². The van der Waals surface area contributed by atoms with Crippen LogP contribution >= 0.6 is 0 Å². The van der Waals surface area contributed by atoms with Gasteiger partial charge in [0.25, 0.3) is 0 Å². The van der Waals surface area contributed by atoms with Crippen LogP contribution in [0.15, 0.2) is 53.4 Å². The molecule has 0 saturated carbocycles. The molecule has 0 unspecified atom stereocenters. The van der Waals surface area contributed by atoms with E-state index in [0.29, 0.717) is 12.3 Å². The van der Waals surface area contributed by atoms with Gasteiger partial charge in [0, 0.05) is 32.6 Å². The van der Waals surface area contributed by atoms with Crippen LogP contribution in [0.3, 0.4) is 0 Å². The number of rotatable bonds is 7. The number of carbonyl (C=O) groups is 1. The molecule has 0 aliphatic rings. The Morgan fingerprint density at radius 1 is 1.12 bits per heavy atom. The average molecular weight is 362 g/mol. The van der Waals surface area contributed by atoms with Crippen molar-refractivity contribution in [3.8, 4) is 5.75 Å². The van der Waals surface area contributed by atoms with Gasteiger partial charge in [-0.15, -0.1) is 0 Å². The zero-order chi connectivity index (χ0) is 18.4. The summed E-state index contributed by atoms with van der Waals surface area (Å²) < 4.78 is 32.0. The molecule has 0 aliphatic carbocycles. The highest BCUT2D eigenvalue weighted by atomic mass is 32.2. The molecule has 0 fully saturated rings. The van der Waals surface area contributed by atoms with E-state index in [1.165, 1.54) is 18.3 Å². The highest BCUT2D eigenvalue weighted by molar-refractivity contribution is 7.89. The summed E-state index contributed by atoms with van der Waals surface area (Å²) in [6.45, 7) is 2.01. The standard InChI is InChI=1S/C18H22N2O4S/c1-14(21)19-12-15-8-10-17(11-9-15)25(22,23)20(2)13-16-6-4-5-7-18(16)24-3/h4-11H,12-13H2,1-3H3,(H,19,21). The molecule has 0 heterocycles. The monoisotopic (exact) mass is 362 g/mol. The quantitative estimate of drug-likeness (QED) is 0.819. The topological polar surface area (TPSA) is 75.7 Å². The van der Waals surface area contributed by atoms with Crippen LogP contribution in [-0.2, 0) is 27.9 Å². The maximum atomic E-state index is 12.7. The number of hydrogen-bond donors (Lipinski definition) is 1. The van der Waals surface area contributed by atoms with Crippen LogP contribution < -0.4 is 10.1 Å². The minimum absolute atomic E-state index is 0.131. The number of amides is 1. The van der Waals surface area contributed by atoms with Gasteiger partial charge in [-0.1, -0.05) is 30.3 Å². The molecular formula is C18H22N2O4S. The lowest BCUT2D eigenvalue weighted by atomic mass is 10.2. The Morgan fingerprint density at radius 2 is 1.76 bits per heavy atom. The van der Waals surface area contributed by atoms with Gasteiger partial charge < -0.3 is 10.1 Å². The van der Waals surface area contributed by atoms with E-state index in [1.54, 1.807) is 37.4 Å². The van der Waals surface area contributed by atoms with Crippen molar-refractivity contribution in [2.75, 3.05) is 14.2 Å². The first-order valence-electron chi connectivity index (χ1n) is 7.76. The van der Waals surface area contributed by atoms with Gasteiger partial charge in [-0.05, 0) is 23.8 Å². The highest BCUT2D eigenvalue weighted by Crippen LogP contribution is 2.22. The fourth-order valence-corrected chi connectivity index (χ4v) is 3.49. The van der Waals surface area contributed by atoms with Crippen molar-refractivity contribution in [1.29, 1.82) is 0 Å². The molecule has 2 aromatic rings. The Bertz CT molecular complexity index is 832. The van der Waals surface area contributed by atoms with E-state index in [9.17, 15) is 13.2 Å². The van der Waals surface area contributed by atoms with E-state index >= 15 is 0 Å². The average Bonchev–Trinajstić information content (AvgIpc) is 2.60. The number of carbonyl (C=O) groups excluding carboxylic acids is 1. The number of nitrogens with zero attached hydrogens (tertiary/aromatic N) is 1. The summed E-state index contributed by atoms with van der Waals surface area (Å²) >= 11 is 0. The lowest BCUT2D eigenvalue weighted by Gasteiger charge is -2.19. The summed E-state index contributed by atoms with van der Waals surface area (Å²) in [7, 11) is -0.528. The van der Waals surface area contributed by atoms with Crippen molar-refractivity contribution in [3.63, 3.8) is 0 Å². The molecule has 134 valence electrons. The van der Waals surface area contributed by atoms with Crippen molar-refractivity contribution in [2.45, 2.75) is 24.9 Å². The number of para-hydroxylation sites is 1. The molecule has 7 heteroatoms. The number of benzene rings is 2. The van der Waals surface area contributed by atoms with Crippen LogP contribution in [0.25, 0.3) is 0 Å². The predicted octanol–water partition coefficient (Wildman–Crippen LogP) is 2.15. The minimum Gasteiger partial charge on any atom is -0.496 e. The molecular weight excluding hydrogens is 340 g/mol. The number of ether oxygens (including phenoxy) is 1. The summed E-state index contributed by atoms with van der Waals surface area (Å²) in [4.78, 5) is 11.1. The van der Waals surface area contributed by atoms with Gasteiger partial charge in [0.05, 0.1) is 12.0 Å². The van der Waals surface area contributed by atoms with Crippen LogP contribution in [0.5, 0.6) is 5.75 Å². The van der Waals surface area contributed by atoms with E-state index in [0.717, 1.165) is 11.1 Å². The highest BCUT2D eigenvalue weighted by Gasteiger charge is 2.21. The van der Waals surface area contributed by atoms with Crippen LogP contribution in [0.4, 0.5) is 0 Å². The molecule has 0 aliphatic heterocycles. The number of nitrogens with one attached hydrogen (secondary N) is 1. The van der Waals surface area contributed by atoms with E-state index in [1.807, 2.05) is 18.2 Å². The smallest absolute Gasteiger partial charge is 0.243 e. The van der Waals surface area contributed by atoms with Gasteiger partial charge in [-0.2, -0.15) is 4.31 Å². The normalized spacial score (nSPS) is 11.4. The molecule has 0 bridgehead atoms. The van der Waals surface area contributed by atoms with Crippen LogP contribution in [0, 0.1) is 0 Å². The molecule has 0 saturated heterocycles. The Morgan fingerprint density at radius 3 is 2.36 bits per heavy atom. The summed E-state index contributed by atoms with van der Waals surface area (Å²) in [5.41, 5.74) is 1.62.